The van der Waals surface area contributed by atoms with Crippen LogP contribution in [0.5, 0.6) is 0 Å². The highest BCUT2D eigenvalue weighted by molar-refractivity contribution is 6.02. The summed E-state index contributed by atoms with van der Waals surface area (Å²) in [6.07, 6.45) is 1.40. The Morgan fingerprint density at radius 1 is 1.44 bits per heavy atom. The van der Waals surface area contributed by atoms with E-state index in [1.165, 1.54) is 18.5 Å². The third-order valence-corrected chi connectivity index (χ3v) is 2.78. The Morgan fingerprint density at radius 2 is 2.33 bits per heavy atom. The van der Waals surface area contributed by atoms with Crippen LogP contribution in [0.15, 0.2) is 24.5 Å². The molecule has 1 aliphatic rings. The number of hydrogen-bond acceptors (Lipinski definition) is 4. The third-order valence-electron chi connectivity index (χ3n) is 2.78. The van der Waals surface area contributed by atoms with Gasteiger partial charge >= 0.3 is 0 Å². The van der Waals surface area contributed by atoms with Crippen LogP contribution in [0.1, 0.15) is 17.4 Å². The van der Waals surface area contributed by atoms with Crippen molar-refractivity contribution in [3.05, 3.63) is 41.7 Å². The Balaban J connectivity index is 1.79. The Kier molecular flexibility index (Phi) is 2.52. The molecule has 1 aromatic carbocycles. The molecule has 1 aliphatic heterocycles. The molecule has 0 saturated heterocycles. The van der Waals surface area contributed by atoms with E-state index in [2.05, 4.69) is 25.8 Å². The van der Waals surface area contributed by atoms with Crippen molar-refractivity contribution < 1.29 is 9.18 Å². The number of fused-ring (bicyclic) bond motifs is 1. The van der Waals surface area contributed by atoms with Gasteiger partial charge in [0.1, 0.15) is 24.0 Å². The standard InChI is InChI=1S/C11H10FN5O/c12-6-1-2-7-8(3-6)16-11(18)10(7)13-4-9-14-5-15-17-9/h1-3,5,10,13H,4H2,(H,16,18)(H,14,15,17). The first-order valence-electron chi connectivity index (χ1n) is 5.42. The Bertz CT molecular complexity index is 583. The lowest BCUT2D eigenvalue weighted by atomic mass is 10.1. The molecular formula is C11H10FN5O. The van der Waals surface area contributed by atoms with Gasteiger partial charge in [0, 0.05) is 11.3 Å². The molecule has 1 aromatic heterocycles. The van der Waals surface area contributed by atoms with E-state index in [1.807, 2.05) is 0 Å². The minimum Gasteiger partial charge on any atom is -0.324 e. The summed E-state index contributed by atoms with van der Waals surface area (Å²) >= 11 is 0. The molecule has 0 radical (unpaired) electrons. The van der Waals surface area contributed by atoms with Gasteiger partial charge in [-0.1, -0.05) is 6.07 Å². The number of benzene rings is 1. The van der Waals surface area contributed by atoms with Gasteiger partial charge in [0.15, 0.2) is 0 Å². The van der Waals surface area contributed by atoms with Crippen LogP contribution in [0.3, 0.4) is 0 Å². The SMILES string of the molecule is O=C1Nc2cc(F)ccc2C1NCc1ncn[nH]1. The first-order chi connectivity index (χ1) is 8.74. The quantitative estimate of drug-likeness (QED) is 0.746. The van der Waals surface area contributed by atoms with E-state index >= 15 is 0 Å². The predicted molar refractivity (Wildman–Crippen MR) is 61.0 cm³/mol. The lowest BCUT2D eigenvalue weighted by Crippen LogP contribution is -2.27. The van der Waals surface area contributed by atoms with Gasteiger partial charge < -0.3 is 5.32 Å². The zero-order chi connectivity index (χ0) is 12.5. The van der Waals surface area contributed by atoms with Crippen molar-refractivity contribution in [3.63, 3.8) is 0 Å². The lowest BCUT2D eigenvalue weighted by molar-refractivity contribution is -0.117. The zero-order valence-electron chi connectivity index (χ0n) is 9.27. The second-order valence-electron chi connectivity index (χ2n) is 3.97. The number of aromatic nitrogens is 3. The summed E-state index contributed by atoms with van der Waals surface area (Å²) in [7, 11) is 0. The number of rotatable bonds is 3. The van der Waals surface area contributed by atoms with Gasteiger partial charge in [-0.15, -0.1) is 0 Å². The molecule has 0 fully saturated rings. The van der Waals surface area contributed by atoms with Crippen molar-refractivity contribution >= 4 is 11.6 Å². The maximum atomic E-state index is 13.0. The average molecular weight is 247 g/mol. The molecule has 7 heteroatoms. The molecule has 0 saturated carbocycles. The minimum atomic E-state index is -0.495. The number of amides is 1. The van der Waals surface area contributed by atoms with Crippen molar-refractivity contribution in [1.29, 1.82) is 0 Å². The van der Waals surface area contributed by atoms with E-state index in [0.717, 1.165) is 5.56 Å². The Morgan fingerprint density at radius 3 is 3.11 bits per heavy atom. The molecule has 0 bridgehead atoms. The number of halogens is 1. The van der Waals surface area contributed by atoms with Crippen molar-refractivity contribution in [2.24, 2.45) is 0 Å². The number of carbonyl (C=O) groups excluding carboxylic acids is 1. The first-order valence-corrected chi connectivity index (χ1v) is 5.42. The highest BCUT2D eigenvalue weighted by atomic mass is 19.1. The monoisotopic (exact) mass is 247 g/mol. The largest absolute Gasteiger partial charge is 0.324 e. The van der Waals surface area contributed by atoms with Crippen LogP contribution in [0.25, 0.3) is 0 Å². The highest BCUT2D eigenvalue weighted by Gasteiger charge is 2.30. The van der Waals surface area contributed by atoms with E-state index < -0.39 is 6.04 Å². The number of anilines is 1. The fourth-order valence-electron chi connectivity index (χ4n) is 1.95. The fraction of sp³-hybridized carbons (Fsp3) is 0.182. The fourth-order valence-corrected chi connectivity index (χ4v) is 1.95. The average Bonchev–Trinajstić information content (AvgIpc) is 2.93. The molecule has 0 aliphatic carbocycles. The van der Waals surface area contributed by atoms with Crippen LogP contribution in [0, 0.1) is 5.82 Å². The minimum absolute atomic E-state index is 0.199. The molecule has 1 atom stereocenters. The summed E-state index contributed by atoms with van der Waals surface area (Å²) in [6, 6.07) is 3.75. The van der Waals surface area contributed by atoms with Crippen LogP contribution < -0.4 is 10.6 Å². The van der Waals surface area contributed by atoms with Gasteiger partial charge in [-0.25, -0.2) is 9.37 Å². The summed E-state index contributed by atoms with van der Waals surface area (Å²) in [5, 5.41) is 12.1. The molecule has 18 heavy (non-hydrogen) atoms. The van der Waals surface area contributed by atoms with Gasteiger partial charge in [0.05, 0.1) is 6.54 Å². The predicted octanol–water partition coefficient (Wildman–Crippen LogP) is 0.727. The van der Waals surface area contributed by atoms with Crippen molar-refractivity contribution in [3.8, 4) is 0 Å². The number of nitrogens with zero attached hydrogens (tertiary/aromatic N) is 2. The van der Waals surface area contributed by atoms with Crippen LogP contribution in [0.4, 0.5) is 10.1 Å². The van der Waals surface area contributed by atoms with Gasteiger partial charge in [0.2, 0.25) is 5.91 Å². The second-order valence-corrected chi connectivity index (χ2v) is 3.97. The Hall–Kier alpha value is -2.28. The highest BCUT2D eigenvalue weighted by Crippen LogP contribution is 2.31. The van der Waals surface area contributed by atoms with Crippen LogP contribution in [-0.4, -0.2) is 21.1 Å². The molecule has 3 N–H and O–H groups in total. The molecule has 2 aromatic rings. The summed E-state index contributed by atoms with van der Waals surface area (Å²) in [6.45, 7) is 0.384. The zero-order valence-corrected chi connectivity index (χ0v) is 9.27. The number of hydrogen-bond donors (Lipinski definition) is 3. The van der Waals surface area contributed by atoms with E-state index in [-0.39, 0.29) is 11.7 Å². The molecule has 1 unspecified atom stereocenters. The summed E-state index contributed by atoms with van der Waals surface area (Å²) in [5.41, 5.74) is 1.25. The molecule has 3 rings (SSSR count). The smallest absolute Gasteiger partial charge is 0.246 e. The first kappa shape index (κ1) is 10.8. The molecule has 92 valence electrons. The van der Waals surface area contributed by atoms with Gasteiger partial charge in [-0.2, -0.15) is 5.10 Å². The van der Waals surface area contributed by atoms with Gasteiger partial charge in [-0.05, 0) is 12.1 Å². The number of H-pyrrole nitrogens is 1. The maximum absolute atomic E-state index is 13.0. The van der Waals surface area contributed by atoms with Crippen LogP contribution >= 0.6 is 0 Å². The normalized spacial score (nSPS) is 17.6. The summed E-state index contributed by atoms with van der Waals surface area (Å²) < 4.78 is 13.0. The second kappa shape index (κ2) is 4.19. The summed E-state index contributed by atoms with van der Waals surface area (Å²) in [5.74, 6) is 0.0680. The molecule has 0 spiro atoms. The van der Waals surface area contributed by atoms with Crippen LogP contribution in [0.2, 0.25) is 0 Å². The number of carbonyl (C=O) groups is 1. The van der Waals surface area contributed by atoms with E-state index in [9.17, 15) is 9.18 Å². The van der Waals surface area contributed by atoms with Crippen molar-refractivity contribution in [2.45, 2.75) is 12.6 Å². The van der Waals surface area contributed by atoms with Gasteiger partial charge in [-0.3, -0.25) is 15.2 Å². The topological polar surface area (TPSA) is 82.7 Å². The van der Waals surface area contributed by atoms with E-state index in [0.29, 0.717) is 18.1 Å². The molecule has 1 amide bonds. The van der Waals surface area contributed by atoms with E-state index in [4.69, 9.17) is 0 Å². The van der Waals surface area contributed by atoms with Crippen molar-refractivity contribution in [2.75, 3.05) is 5.32 Å². The van der Waals surface area contributed by atoms with Gasteiger partial charge in [0.25, 0.3) is 0 Å². The molecule has 6 nitrogen and oxygen atoms in total. The van der Waals surface area contributed by atoms with Crippen molar-refractivity contribution in [1.82, 2.24) is 20.5 Å². The molecular weight excluding hydrogens is 237 g/mol. The lowest BCUT2D eigenvalue weighted by Gasteiger charge is -2.09. The van der Waals surface area contributed by atoms with E-state index in [1.54, 1.807) is 6.07 Å². The number of aromatic amines is 1. The number of nitrogens with one attached hydrogen (secondary N) is 3. The molecule has 2 heterocycles. The third kappa shape index (κ3) is 1.84. The van der Waals surface area contributed by atoms with Crippen LogP contribution in [-0.2, 0) is 11.3 Å². The maximum Gasteiger partial charge on any atom is 0.246 e. The Labute approximate surface area is 102 Å². The summed E-state index contributed by atoms with van der Waals surface area (Å²) in [4.78, 5) is 15.7.